The summed E-state index contributed by atoms with van der Waals surface area (Å²) < 4.78 is 6.76. The molecule has 0 saturated carbocycles. The van der Waals surface area contributed by atoms with Gasteiger partial charge in [0, 0.05) is 0 Å². The van der Waals surface area contributed by atoms with Crippen LogP contribution in [-0.4, -0.2) is 59.6 Å². The molecule has 0 spiro atoms. The van der Waals surface area contributed by atoms with E-state index in [9.17, 15) is 0 Å². The van der Waals surface area contributed by atoms with Crippen LogP contribution in [0.3, 0.4) is 0 Å². The van der Waals surface area contributed by atoms with Crippen molar-refractivity contribution in [3.05, 3.63) is 0 Å². The van der Waals surface area contributed by atoms with Crippen LogP contribution in [0.2, 0.25) is 62.6 Å². The molecule has 4 fully saturated rings. The van der Waals surface area contributed by atoms with Crippen molar-refractivity contribution in [2.45, 2.75) is 140 Å². The van der Waals surface area contributed by atoms with Crippen LogP contribution in [-0.2, 0) is 0 Å². The summed E-state index contributed by atoms with van der Waals surface area (Å²) in [5, 5.41) is 0. The van der Waals surface area contributed by atoms with Crippen molar-refractivity contribution in [2.75, 3.05) is 0 Å². The number of nitrogens with zero attached hydrogens (tertiary/aromatic N) is 2. The van der Waals surface area contributed by atoms with Crippen LogP contribution >= 0.6 is 0 Å². The molecule has 2 nitrogen and oxygen atoms in total. The van der Waals surface area contributed by atoms with Gasteiger partial charge in [0.1, 0.15) is 0 Å². The Labute approximate surface area is 198 Å². The van der Waals surface area contributed by atoms with E-state index in [1.165, 1.54) is 25.7 Å². The summed E-state index contributed by atoms with van der Waals surface area (Å²) in [6.07, 6.45) is 18.5. The normalized spacial score (nSPS) is 33.5. The summed E-state index contributed by atoms with van der Waals surface area (Å²) in [6.45, 7) is 18.2. The van der Waals surface area contributed by atoms with Gasteiger partial charge in [0.25, 0.3) is 0 Å². The Bertz CT molecular complexity index is 476. The molecule has 4 aliphatic heterocycles. The Morgan fingerprint density at radius 1 is 0.517 bits per heavy atom. The van der Waals surface area contributed by atoms with Gasteiger partial charge in [0.15, 0.2) is 0 Å². The first-order valence-electron chi connectivity index (χ1n) is 13.0. The monoisotopic (exact) mass is 624 g/mol. The molecule has 4 heterocycles. The van der Waals surface area contributed by atoms with E-state index in [1.807, 2.05) is 0 Å². The first-order chi connectivity index (χ1) is 13.7. The van der Waals surface area contributed by atoms with E-state index >= 15 is 0 Å². The summed E-state index contributed by atoms with van der Waals surface area (Å²) in [6, 6.07) is 0. The maximum atomic E-state index is 3.38. The van der Waals surface area contributed by atoms with Crippen molar-refractivity contribution in [1.82, 2.24) is 4.57 Å². The van der Waals surface area contributed by atoms with Crippen LogP contribution < -0.4 is 0 Å². The topological polar surface area (TPSA) is 6.48 Å². The van der Waals surface area contributed by atoms with E-state index < -0.39 is 41.3 Å². The third kappa shape index (κ3) is 5.16. The fraction of sp³-hybridized carbons (Fsp3) is 1.00. The molecular formula is C22H46B2N2PbSi2. The summed E-state index contributed by atoms with van der Waals surface area (Å²) in [5.41, 5.74) is 0. The molecule has 4 bridgehead atoms. The van der Waals surface area contributed by atoms with E-state index in [2.05, 4.69) is 43.9 Å². The number of fused-ring (bicyclic) bond motifs is 4. The van der Waals surface area contributed by atoms with E-state index in [0.717, 1.165) is 37.0 Å². The van der Waals surface area contributed by atoms with E-state index in [1.54, 1.807) is 51.4 Å². The maximum absolute atomic E-state index is 3.38. The van der Waals surface area contributed by atoms with E-state index in [-0.39, 0.29) is 0 Å². The Hall–Kier alpha value is 1.41. The Kier molecular flexibility index (Phi) is 7.59. The Morgan fingerprint density at radius 2 is 0.759 bits per heavy atom. The first kappa shape index (κ1) is 23.6. The Balaban J connectivity index is 1.63. The van der Waals surface area contributed by atoms with Crippen molar-refractivity contribution >= 4 is 55.0 Å². The zero-order valence-corrected chi connectivity index (χ0v) is 26.2. The van der Waals surface area contributed by atoms with Gasteiger partial charge >= 0.3 is 199 Å². The van der Waals surface area contributed by atoms with Gasteiger partial charge in [0.05, 0.1) is 0 Å². The van der Waals surface area contributed by atoms with E-state index in [0.29, 0.717) is 0 Å². The minimum absolute atomic E-state index is 0.995. The van der Waals surface area contributed by atoms with Gasteiger partial charge in [-0.05, 0) is 0 Å². The molecule has 162 valence electrons. The molecule has 0 aliphatic carbocycles. The molecule has 0 aromatic heterocycles. The second-order valence-corrected chi connectivity index (χ2v) is 30.6. The van der Waals surface area contributed by atoms with Crippen LogP contribution in [0.15, 0.2) is 0 Å². The molecule has 0 aromatic carbocycles. The zero-order valence-electron chi connectivity index (χ0n) is 20.3. The molecule has 4 saturated heterocycles. The molecule has 4 aliphatic rings. The van der Waals surface area contributed by atoms with Crippen LogP contribution in [0.25, 0.3) is 0 Å². The van der Waals surface area contributed by atoms with Crippen LogP contribution in [0.4, 0.5) is 0 Å². The standard InChI is InChI=1S/2C11H23BNSi.Pb/c2*1-14(2,3)13-12-10-6-4-7-11(12)9-5-8-10;/h2*10-11H,4-9H2,1-3H3;/q2*-1;+2. The molecule has 7 heteroatoms. The van der Waals surface area contributed by atoms with Crippen molar-refractivity contribution in [1.29, 1.82) is 0 Å². The SMILES string of the molecule is C[Si](C)(C)[N]([Pb][N](B1C2CCCC1CCC2)[Si](C)(C)C)B1C2CCCC1CCC2. The van der Waals surface area contributed by atoms with Crippen LogP contribution in [0, 0.1) is 0 Å². The van der Waals surface area contributed by atoms with Crippen molar-refractivity contribution < 1.29 is 0 Å². The average Bonchev–Trinajstić information content (AvgIpc) is 2.59. The molecule has 2 radical (unpaired) electrons. The average molecular weight is 624 g/mol. The van der Waals surface area contributed by atoms with Crippen molar-refractivity contribution in [3.63, 3.8) is 0 Å². The van der Waals surface area contributed by atoms with Gasteiger partial charge in [-0.25, -0.2) is 0 Å². The molecular weight excluding hydrogens is 577 g/mol. The molecule has 0 atom stereocenters. The third-order valence-electron chi connectivity index (χ3n) is 8.79. The third-order valence-corrected chi connectivity index (χ3v) is 33.7. The second-order valence-electron chi connectivity index (χ2n) is 12.9. The first-order valence-corrected chi connectivity index (χ1v) is 23.4. The summed E-state index contributed by atoms with van der Waals surface area (Å²) >= 11 is -1.01. The van der Waals surface area contributed by atoms with Gasteiger partial charge in [-0.3, -0.25) is 0 Å². The second kappa shape index (κ2) is 9.34. The summed E-state index contributed by atoms with van der Waals surface area (Å²) in [7, 11) is -2.56. The van der Waals surface area contributed by atoms with Gasteiger partial charge in [-0.15, -0.1) is 0 Å². The summed E-state index contributed by atoms with van der Waals surface area (Å²) in [5.74, 6) is 4.21. The zero-order chi connectivity index (χ0) is 20.8. The molecule has 0 aromatic rings. The van der Waals surface area contributed by atoms with Gasteiger partial charge in [0.2, 0.25) is 0 Å². The van der Waals surface area contributed by atoms with Crippen molar-refractivity contribution in [3.8, 4) is 0 Å². The molecule has 0 unspecified atom stereocenters. The number of rotatable bonds is 6. The Morgan fingerprint density at radius 3 is 0.966 bits per heavy atom. The molecule has 29 heavy (non-hydrogen) atoms. The predicted octanol–water partition coefficient (Wildman–Crippen LogP) is 6.99. The minimum atomic E-state index is -1.28. The van der Waals surface area contributed by atoms with E-state index in [4.69, 9.17) is 0 Å². The van der Waals surface area contributed by atoms with Gasteiger partial charge in [-0.1, -0.05) is 0 Å². The fourth-order valence-electron chi connectivity index (χ4n) is 7.57. The van der Waals surface area contributed by atoms with Crippen LogP contribution in [0.5, 0.6) is 0 Å². The molecule has 0 N–H and O–H groups in total. The number of hydrogen-bond donors (Lipinski definition) is 0. The fourth-order valence-corrected chi connectivity index (χ4v) is 25.8. The molecule has 0 amide bonds. The van der Waals surface area contributed by atoms with Gasteiger partial charge < -0.3 is 0 Å². The van der Waals surface area contributed by atoms with Crippen molar-refractivity contribution in [2.24, 2.45) is 0 Å². The summed E-state index contributed by atoms with van der Waals surface area (Å²) in [4.78, 5) is 0. The number of hydrogen-bond acceptors (Lipinski definition) is 2. The predicted molar refractivity (Wildman–Crippen MR) is 138 cm³/mol. The van der Waals surface area contributed by atoms with Gasteiger partial charge in [-0.2, -0.15) is 0 Å². The van der Waals surface area contributed by atoms with Crippen LogP contribution in [0.1, 0.15) is 77.0 Å². The quantitative estimate of drug-likeness (QED) is 0.295. The molecule has 4 rings (SSSR count).